The number of aromatic carboxylic acids is 1. The van der Waals surface area contributed by atoms with E-state index in [1.165, 1.54) is 24.0 Å². The van der Waals surface area contributed by atoms with Gasteiger partial charge >= 0.3 is 5.97 Å². The molecule has 25 heavy (non-hydrogen) atoms. The first-order chi connectivity index (χ1) is 11.9. The molecular formula is C18H19N2O3PS. The molecule has 2 rings (SSSR count). The third-order valence-corrected chi connectivity index (χ3v) is 4.55. The number of rotatable bonds is 5. The first-order valence-electron chi connectivity index (χ1n) is 7.34. The van der Waals surface area contributed by atoms with Gasteiger partial charge in [-0.25, -0.2) is 9.79 Å². The van der Waals surface area contributed by atoms with Crippen LogP contribution in [0.5, 0.6) is 11.5 Å². The van der Waals surface area contributed by atoms with Crippen LogP contribution < -0.4 is 10.0 Å². The van der Waals surface area contributed by atoms with Crippen molar-refractivity contribution in [2.24, 2.45) is 4.99 Å². The smallest absolute Gasteiger partial charge is 0.335 e. The highest BCUT2D eigenvalue weighted by molar-refractivity contribution is 8.13. The van der Waals surface area contributed by atoms with Gasteiger partial charge in [0.2, 0.25) is 0 Å². The van der Waals surface area contributed by atoms with Crippen LogP contribution in [0.25, 0.3) is 0 Å². The summed E-state index contributed by atoms with van der Waals surface area (Å²) in [6, 6.07) is 12.3. The zero-order valence-electron chi connectivity index (χ0n) is 14.0. The van der Waals surface area contributed by atoms with Gasteiger partial charge in [-0.05, 0) is 35.6 Å². The minimum absolute atomic E-state index is 0.152. The lowest BCUT2D eigenvalue weighted by Gasteiger charge is -2.15. The monoisotopic (exact) mass is 374 g/mol. The second kappa shape index (κ2) is 8.70. The number of carboxylic acid groups (broad SMARTS) is 1. The number of benzene rings is 2. The average Bonchev–Trinajstić information content (AvgIpc) is 2.56. The summed E-state index contributed by atoms with van der Waals surface area (Å²) in [5, 5.41) is 11.1. The Morgan fingerprint density at radius 2 is 1.92 bits per heavy atom. The summed E-state index contributed by atoms with van der Waals surface area (Å²) in [7, 11) is 6.32. The lowest BCUT2D eigenvalue weighted by Crippen LogP contribution is -2.18. The van der Waals surface area contributed by atoms with Gasteiger partial charge < -0.3 is 14.7 Å². The second-order valence-corrected chi connectivity index (χ2v) is 6.97. The number of carboxylic acids is 1. The van der Waals surface area contributed by atoms with Gasteiger partial charge in [0.25, 0.3) is 0 Å². The molecule has 0 amide bonds. The summed E-state index contributed by atoms with van der Waals surface area (Å²) in [5.74, 6) is 0.0764. The number of carbonyl (C=O) groups is 1. The molecule has 0 fully saturated rings. The van der Waals surface area contributed by atoms with Crippen LogP contribution in [0.15, 0.2) is 65.1 Å². The molecule has 1 N–H and O–H groups in total. The Labute approximate surface area is 153 Å². The molecule has 0 saturated carbocycles. The lowest BCUT2D eigenvalue weighted by molar-refractivity contribution is 0.0696. The van der Waals surface area contributed by atoms with E-state index in [2.05, 4.69) is 20.8 Å². The molecule has 1 atom stereocenters. The molecule has 2 aromatic rings. The third kappa shape index (κ3) is 5.62. The van der Waals surface area contributed by atoms with Crippen LogP contribution in [-0.4, -0.2) is 35.2 Å². The maximum absolute atomic E-state index is 11.4. The van der Waals surface area contributed by atoms with E-state index in [9.17, 15) is 9.90 Å². The van der Waals surface area contributed by atoms with Gasteiger partial charge in [0.15, 0.2) is 5.17 Å². The predicted molar refractivity (Wildman–Crippen MR) is 106 cm³/mol. The van der Waals surface area contributed by atoms with Gasteiger partial charge in [-0.15, -0.1) is 9.24 Å². The number of aliphatic imine (C=N–C) groups is 1. The van der Waals surface area contributed by atoms with Crippen LogP contribution in [0.4, 0.5) is 0 Å². The molecule has 2 aromatic carbocycles. The van der Waals surface area contributed by atoms with Crippen molar-refractivity contribution < 1.29 is 14.6 Å². The zero-order chi connectivity index (χ0) is 18.4. The molecule has 0 aromatic heterocycles. The lowest BCUT2D eigenvalue weighted by atomic mass is 10.2. The number of ether oxygens (including phenoxy) is 1. The number of amidine groups is 1. The number of hydrogen-bond donors (Lipinski definition) is 1. The molecule has 0 spiro atoms. The van der Waals surface area contributed by atoms with Gasteiger partial charge in [-0.3, -0.25) is 0 Å². The summed E-state index contributed by atoms with van der Waals surface area (Å²) in [6.45, 7) is 3.60. The number of nitrogens with zero attached hydrogens (tertiary/aromatic N) is 2. The van der Waals surface area contributed by atoms with E-state index in [-0.39, 0.29) is 5.56 Å². The normalized spacial score (nSPS) is 11.1. The van der Waals surface area contributed by atoms with E-state index in [0.29, 0.717) is 21.6 Å². The van der Waals surface area contributed by atoms with Crippen LogP contribution in [0, 0.1) is 0 Å². The highest BCUT2D eigenvalue weighted by atomic mass is 32.2. The number of hydrogen-bond acceptors (Lipinski definition) is 4. The van der Waals surface area contributed by atoms with Crippen LogP contribution in [-0.2, 0) is 0 Å². The first-order valence-corrected chi connectivity index (χ1v) is 8.74. The average molecular weight is 374 g/mol. The van der Waals surface area contributed by atoms with Gasteiger partial charge in [-0.1, -0.05) is 30.5 Å². The van der Waals surface area contributed by atoms with Crippen molar-refractivity contribution in [3.8, 4) is 11.5 Å². The molecule has 130 valence electrons. The summed E-state index contributed by atoms with van der Waals surface area (Å²) in [4.78, 5) is 18.2. The van der Waals surface area contributed by atoms with E-state index >= 15 is 0 Å². The summed E-state index contributed by atoms with van der Waals surface area (Å²) in [5.41, 5.74) is 0.152. The molecule has 0 aliphatic carbocycles. The molecule has 0 aliphatic heterocycles. The van der Waals surface area contributed by atoms with E-state index in [1.807, 2.05) is 43.3 Å². The third-order valence-electron chi connectivity index (χ3n) is 3.04. The van der Waals surface area contributed by atoms with Crippen molar-refractivity contribution in [3.05, 3.63) is 60.8 Å². The van der Waals surface area contributed by atoms with Crippen molar-refractivity contribution in [1.82, 2.24) is 4.90 Å². The van der Waals surface area contributed by atoms with Crippen LogP contribution in [0.2, 0.25) is 0 Å². The van der Waals surface area contributed by atoms with Crippen molar-refractivity contribution in [2.45, 2.75) is 4.90 Å². The summed E-state index contributed by atoms with van der Waals surface area (Å²) >= 11 is 1.34. The van der Waals surface area contributed by atoms with Gasteiger partial charge in [0, 0.05) is 25.2 Å². The van der Waals surface area contributed by atoms with Crippen molar-refractivity contribution in [1.29, 1.82) is 0 Å². The topological polar surface area (TPSA) is 62.1 Å². The molecule has 0 saturated heterocycles. The highest BCUT2D eigenvalue weighted by Gasteiger charge is 2.12. The predicted octanol–water partition coefficient (Wildman–Crippen LogP) is 3.83. The van der Waals surface area contributed by atoms with Crippen LogP contribution in [0.1, 0.15) is 10.4 Å². The minimum atomic E-state index is -1.01. The Hall–Kier alpha value is -2.30. The zero-order valence-corrected chi connectivity index (χ0v) is 15.9. The summed E-state index contributed by atoms with van der Waals surface area (Å²) < 4.78 is 5.81. The highest BCUT2D eigenvalue weighted by Crippen LogP contribution is 2.30. The van der Waals surface area contributed by atoms with Crippen LogP contribution in [0.3, 0.4) is 0 Å². The molecular weight excluding hydrogens is 355 g/mol. The maximum atomic E-state index is 11.4. The molecule has 5 nitrogen and oxygen atoms in total. The van der Waals surface area contributed by atoms with Gasteiger partial charge in [0.1, 0.15) is 11.5 Å². The Kier molecular flexibility index (Phi) is 6.62. The Morgan fingerprint density at radius 3 is 2.48 bits per heavy atom. The minimum Gasteiger partial charge on any atom is -0.478 e. The van der Waals surface area contributed by atoms with E-state index in [1.54, 1.807) is 12.1 Å². The second-order valence-electron chi connectivity index (χ2n) is 5.26. The Bertz CT molecular complexity index is 804. The first kappa shape index (κ1) is 19.0. The van der Waals surface area contributed by atoms with Gasteiger partial charge in [0.05, 0.1) is 5.56 Å². The Morgan fingerprint density at radius 1 is 1.24 bits per heavy atom. The summed E-state index contributed by atoms with van der Waals surface area (Å²) in [6.07, 6.45) is 1.45. The molecule has 7 heteroatoms. The van der Waals surface area contributed by atoms with E-state index in [4.69, 9.17) is 4.74 Å². The molecule has 1 unspecified atom stereocenters. The van der Waals surface area contributed by atoms with Crippen molar-refractivity contribution in [3.63, 3.8) is 0 Å². The number of thioether (sulfide) groups is 1. The maximum Gasteiger partial charge on any atom is 0.335 e. The Balaban J connectivity index is 2.35. The van der Waals surface area contributed by atoms with E-state index < -0.39 is 5.97 Å². The van der Waals surface area contributed by atoms with Crippen molar-refractivity contribution >= 4 is 37.4 Å². The standard InChI is InChI=1S/C18H19N2O3PS/c1-4-19-18(20(2)3)25-16-10-12(17(21)22)9-14(11-16)23-13-5-7-15(24)8-6-13/h4-11H,1,24H2,2-3H3,(H,21,22). The fraction of sp³-hybridized carbons (Fsp3) is 0.111. The fourth-order valence-electron chi connectivity index (χ4n) is 1.90. The molecule has 0 heterocycles. The fourth-order valence-corrected chi connectivity index (χ4v) is 2.98. The largest absolute Gasteiger partial charge is 0.478 e. The molecule has 0 bridgehead atoms. The quantitative estimate of drug-likeness (QED) is 0.373. The van der Waals surface area contributed by atoms with Crippen molar-refractivity contribution in [2.75, 3.05) is 14.1 Å². The van der Waals surface area contributed by atoms with Crippen LogP contribution >= 0.6 is 21.0 Å². The van der Waals surface area contributed by atoms with Gasteiger partial charge in [-0.2, -0.15) is 0 Å². The molecule has 0 aliphatic rings. The SMILES string of the molecule is C=CN=C(Sc1cc(Oc2ccc(P)cc2)cc(C(=O)O)c1)N(C)C. The van der Waals surface area contributed by atoms with E-state index in [0.717, 1.165) is 5.30 Å². The molecule has 0 radical (unpaired) electrons.